The fraction of sp³-hybridized carbons (Fsp3) is 0.368. The summed E-state index contributed by atoms with van der Waals surface area (Å²) in [5.74, 6) is 1.44. The molecule has 0 N–H and O–H groups in total. The summed E-state index contributed by atoms with van der Waals surface area (Å²) in [7, 11) is 0. The minimum absolute atomic E-state index is 0.549. The molecule has 118 valence electrons. The van der Waals surface area contributed by atoms with Gasteiger partial charge in [-0.25, -0.2) is 0 Å². The zero-order valence-electron chi connectivity index (χ0n) is 13.4. The predicted octanol–water partition coefficient (Wildman–Crippen LogP) is 3.74. The molecule has 3 aromatic rings. The molecule has 0 aliphatic carbocycles. The van der Waals surface area contributed by atoms with Crippen molar-refractivity contribution in [2.75, 3.05) is 6.54 Å². The second-order valence-corrected chi connectivity index (χ2v) is 6.34. The van der Waals surface area contributed by atoms with Gasteiger partial charge in [0.15, 0.2) is 5.82 Å². The molecule has 1 saturated heterocycles. The van der Waals surface area contributed by atoms with Gasteiger partial charge in [-0.2, -0.15) is 4.98 Å². The Morgan fingerprint density at radius 3 is 2.91 bits per heavy atom. The van der Waals surface area contributed by atoms with Crippen LogP contribution in [0, 0.1) is 6.92 Å². The average Bonchev–Trinajstić information content (AvgIpc) is 3.17. The third-order valence-corrected chi connectivity index (χ3v) is 4.74. The second kappa shape index (κ2) is 6.13. The first kappa shape index (κ1) is 14.4. The quantitative estimate of drug-likeness (QED) is 0.736. The van der Waals surface area contributed by atoms with E-state index in [0.29, 0.717) is 11.9 Å². The lowest BCUT2D eigenvalue weighted by Crippen LogP contribution is -2.30. The Balaban J connectivity index is 1.54. The number of rotatable bonds is 4. The van der Waals surface area contributed by atoms with Gasteiger partial charge in [0.2, 0.25) is 5.89 Å². The Morgan fingerprint density at radius 1 is 1.17 bits per heavy atom. The van der Waals surface area contributed by atoms with Gasteiger partial charge in [0.25, 0.3) is 0 Å². The highest BCUT2D eigenvalue weighted by atomic mass is 16.5. The van der Waals surface area contributed by atoms with Crippen molar-refractivity contribution in [2.24, 2.45) is 0 Å². The van der Waals surface area contributed by atoms with E-state index in [2.05, 4.69) is 57.5 Å². The predicted molar refractivity (Wildman–Crippen MR) is 90.1 cm³/mol. The Labute approximate surface area is 136 Å². The molecule has 1 aliphatic heterocycles. The monoisotopic (exact) mass is 307 g/mol. The first-order valence-electron chi connectivity index (χ1n) is 8.29. The lowest BCUT2D eigenvalue weighted by molar-refractivity contribution is 0.210. The van der Waals surface area contributed by atoms with E-state index < -0.39 is 0 Å². The van der Waals surface area contributed by atoms with Crippen LogP contribution < -0.4 is 0 Å². The molecule has 0 radical (unpaired) electrons. The van der Waals surface area contributed by atoms with Crippen LogP contribution in [0.2, 0.25) is 0 Å². The van der Waals surface area contributed by atoms with E-state index in [4.69, 9.17) is 4.52 Å². The Morgan fingerprint density at radius 2 is 2.04 bits per heavy atom. The summed E-state index contributed by atoms with van der Waals surface area (Å²) in [6, 6.07) is 15.8. The molecule has 0 unspecified atom stereocenters. The highest BCUT2D eigenvalue weighted by Gasteiger charge is 2.26. The van der Waals surface area contributed by atoms with E-state index in [9.17, 15) is 0 Å². The van der Waals surface area contributed by atoms with E-state index in [1.54, 1.807) is 0 Å². The number of aromatic nitrogens is 2. The van der Waals surface area contributed by atoms with Crippen LogP contribution in [-0.2, 0) is 13.0 Å². The maximum absolute atomic E-state index is 5.29. The van der Waals surface area contributed by atoms with Gasteiger partial charge in [-0.15, -0.1) is 0 Å². The number of nitrogens with zero attached hydrogens (tertiary/aromatic N) is 3. The second-order valence-electron chi connectivity index (χ2n) is 6.34. The minimum atomic E-state index is 0.549. The van der Waals surface area contributed by atoms with Crippen LogP contribution in [0.15, 0.2) is 47.0 Å². The zero-order valence-corrected chi connectivity index (χ0v) is 13.4. The van der Waals surface area contributed by atoms with E-state index in [0.717, 1.165) is 25.4 Å². The van der Waals surface area contributed by atoms with Crippen molar-refractivity contribution in [3.05, 3.63) is 59.7 Å². The Bertz CT molecular complexity index is 806. The normalized spacial score (nSPS) is 18.7. The van der Waals surface area contributed by atoms with Gasteiger partial charge >= 0.3 is 0 Å². The average molecular weight is 307 g/mol. The van der Waals surface area contributed by atoms with Crippen LogP contribution in [0.25, 0.3) is 10.8 Å². The van der Waals surface area contributed by atoms with Crippen molar-refractivity contribution < 1.29 is 4.52 Å². The third-order valence-electron chi connectivity index (χ3n) is 4.74. The van der Waals surface area contributed by atoms with Gasteiger partial charge in [-0.1, -0.05) is 47.6 Å². The van der Waals surface area contributed by atoms with Gasteiger partial charge in [0.1, 0.15) is 0 Å². The van der Waals surface area contributed by atoms with Gasteiger partial charge in [-0.3, -0.25) is 4.90 Å². The number of hydrogen-bond donors (Lipinski definition) is 0. The molecule has 0 spiro atoms. The molecule has 0 amide bonds. The van der Waals surface area contributed by atoms with Crippen LogP contribution in [0.1, 0.15) is 30.1 Å². The summed E-state index contributed by atoms with van der Waals surface area (Å²) in [4.78, 5) is 6.83. The summed E-state index contributed by atoms with van der Waals surface area (Å²) in [6.07, 6.45) is 3.55. The fourth-order valence-corrected chi connectivity index (χ4v) is 3.64. The SMILES string of the molecule is Cc1noc(CN2CCC[C@@H]2Cc2cccc3ccccc23)n1. The Hall–Kier alpha value is -2.20. The van der Waals surface area contributed by atoms with Crippen LogP contribution in [0.3, 0.4) is 0 Å². The summed E-state index contributed by atoms with van der Waals surface area (Å²) in [6.45, 7) is 3.73. The topological polar surface area (TPSA) is 42.2 Å². The van der Waals surface area contributed by atoms with Gasteiger partial charge in [0.05, 0.1) is 6.54 Å². The van der Waals surface area contributed by atoms with Crippen molar-refractivity contribution in [2.45, 2.75) is 38.8 Å². The van der Waals surface area contributed by atoms with Crippen LogP contribution in [0.4, 0.5) is 0 Å². The first-order chi connectivity index (χ1) is 11.3. The largest absolute Gasteiger partial charge is 0.338 e. The summed E-state index contributed by atoms with van der Waals surface area (Å²) in [5, 5.41) is 6.59. The van der Waals surface area contributed by atoms with Gasteiger partial charge in [-0.05, 0) is 49.1 Å². The lowest BCUT2D eigenvalue weighted by atomic mass is 9.98. The van der Waals surface area contributed by atoms with Gasteiger partial charge in [0, 0.05) is 6.04 Å². The van der Waals surface area contributed by atoms with Crippen molar-refractivity contribution in [1.82, 2.24) is 15.0 Å². The van der Waals surface area contributed by atoms with E-state index in [-0.39, 0.29) is 0 Å². The molecule has 0 saturated carbocycles. The molecule has 4 rings (SSSR count). The molecule has 4 heteroatoms. The number of aryl methyl sites for hydroxylation is 1. The number of hydrogen-bond acceptors (Lipinski definition) is 4. The Kier molecular flexibility index (Phi) is 3.83. The number of benzene rings is 2. The molecule has 2 aromatic carbocycles. The molecule has 23 heavy (non-hydrogen) atoms. The zero-order chi connectivity index (χ0) is 15.6. The number of likely N-dealkylation sites (tertiary alicyclic amines) is 1. The third kappa shape index (κ3) is 2.99. The molecular formula is C19H21N3O. The highest BCUT2D eigenvalue weighted by Crippen LogP contribution is 2.26. The number of fused-ring (bicyclic) bond motifs is 1. The van der Waals surface area contributed by atoms with Crippen molar-refractivity contribution >= 4 is 10.8 Å². The van der Waals surface area contributed by atoms with Crippen molar-refractivity contribution in [1.29, 1.82) is 0 Å². The summed E-state index contributed by atoms with van der Waals surface area (Å²) in [5.41, 5.74) is 1.43. The van der Waals surface area contributed by atoms with E-state index >= 15 is 0 Å². The van der Waals surface area contributed by atoms with Crippen LogP contribution in [-0.4, -0.2) is 27.6 Å². The summed E-state index contributed by atoms with van der Waals surface area (Å²) >= 11 is 0. The molecule has 1 atom stereocenters. The first-order valence-corrected chi connectivity index (χ1v) is 8.29. The van der Waals surface area contributed by atoms with Crippen LogP contribution in [0.5, 0.6) is 0 Å². The minimum Gasteiger partial charge on any atom is -0.338 e. The lowest BCUT2D eigenvalue weighted by Gasteiger charge is -2.23. The molecular weight excluding hydrogens is 286 g/mol. The van der Waals surface area contributed by atoms with Crippen molar-refractivity contribution in [3.8, 4) is 0 Å². The molecule has 1 fully saturated rings. The van der Waals surface area contributed by atoms with E-state index in [1.165, 1.54) is 29.2 Å². The maximum Gasteiger partial charge on any atom is 0.240 e. The smallest absolute Gasteiger partial charge is 0.240 e. The molecule has 1 aromatic heterocycles. The maximum atomic E-state index is 5.29. The fourth-order valence-electron chi connectivity index (χ4n) is 3.64. The summed E-state index contributed by atoms with van der Waals surface area (Å²) < 4.78 is 5.29. The molecule has 4 nitrogen and oxygen atoms in total. The van der Waals surface area contributed by atoms with Gasteiger partial charge < -0.3 is 4.52 Å². The molecule has 0 bridgehead atoms. The molecule has 1 aliphatic rings. The standard InChI is InChI=1S/C19H21N3O/c1-14-20-19(23-21-14)13-22-11-5-9-17(22)12-16-8-4-7-15-6-2-3-10-18(15)16/h2-4,6-8,10,17H,5,9,11-13H2,1H3/t17-/m1/s1. The highest BCUT2D eigenvalue weighted by molar-refractivity contribution is 5.85. The van der Waals surface area contributed by atoms with Crippen LogP contribution >= 0.6 is 0 Å². The molecule has 2 heterocycles. The van der Waals surface area contributed by atoms with E-state index in [1.807, 2.05) is 6.92 Å². The van der Waals surface area contributed by atoms with Crippen molar-refractivity contribution in [3.63, 3.8) is 0 Å².